The number of aromatic nitrogens is 1. The van der Waals surface area contributed by atoms with Crippen LogP contribution in [0.3, 0.4) is 0 Å². The van der Waals surface area contributed by atoms with Crippen LogP contribution >= 0.6 is 11.6 Å². The molecule has 2 aromatic rings. The van der Waals surface area contributed by atoms with Crippen LogP contribution in [-0.4, -0.2) is 16.1 Å². The molecule has 1 aromatic heterocycles. The minimum Gasteiger partial charge on any atom is -0.478 e. The second kappa shape index (κ2) is 4.33. The van der Waals surface area contributed by atoms with E-state index in [4.69, 9.17) is 16.7 Å². The van der Waals surface area contributed by atoms with Crippen LogP contribution in [0.25, 0.3) is 11.3 Å². The normalized spacial score (nSPS) is 10.1. The summed E-state index contributed by atoms with van der Waals surface area (Å²) in [5.74, 6) is -0.965. The Morgan fingerprint density at radius 1 is 1.19 bits per heavy atom. The predicted molar refractivity (Wildman–Crippen MR) is 61.6 cm³/mol. The first-order chi connectivity index (χ1) is 7.68. The average molecular weight is 234 g/mol. The molecule has 1 heterocycles. The maximum atomic E-state index is 11.0. The number of carboxylic acids is 1. The first kappa shape index (κ1) is 10.6. The van der Waals surface area contributed by atoms with Gasteiger partial charge in [0.05, 0.1) is 16.3 Å². The van der Waals surface area contributed by atoms with Gasteiger partial charge in [-0.25, -0.2) is 4.79 Å². The van der Waals surface area contributed by atoms with E-state index in [-0.39, 0.29) is 5.56 Å². The molecule has 0 amide bonds. The summed E-state index contributed by atoms with van der Waals surface area (Å²) in [6.45, 7) is 0. The second-order valence-electron chi connectivity index (χ2n) is 3.21. The third-order valence-corrected chi connectivity index (χ3v) is 2.38. The maximum absolute atomic E-state index is 11.0. The molecular weight excluding hydrogens is 226 g/mol. The number of hydrogen-bond donors (Lipinski definition) is 1. The molecule has 0 aliphatic heterocycles. The van der Waals surface area contributed by atoms with Crippen LogP contribution in [0.2, 0.25) is 5.02 Å². The molecule has 0 aliphatic rings. The Balaban J connectivity index is 2.55. The minimum atomic E-state index is -0.965. The van der Waals surface area contributed by atoms with Gasteiger partial charge in [-0.3, -0.25) is 4.98 Å². The van der Waals surface area contributed by atoms with E-state index < -0.39 is 5.97 Å². The zero-order valence-electron chi connectivity index (χ0n) is 8.22. The van der Waals surface area contributed by atoms with Crippen LogP contribution in [0, 0.1) is 0 Å². The van der Waals surface area contributed by atoms with E-state index in [0.29, 0.717) is 16.3 Å². The zero-order chi connectivity index (χ0) is 11.5. The van der Waals surface area contributed by atoms with Crippen LogP contribution in [0.5, 0.6) is 0 Å². The SMILES string of the molecule is O=C(O)c1ccccc1-c1ccc(Cl)cn1. The summed E-state index contributed by atoms with van der Waals surface area (Å²) < 4.78 is 0. The largest absolute Gasteiger partial charge is 0.478 e. The van der Waals surface area contributed by atoms with Crippen molar-refractivity contribution >= 4 is 17.6 Å². The van der Waals surface area contributed by atoms with E-state index in [9.17, 15) is 4.79 Å². The van der Waals surface area contributed by atoms with Crippen molar-refractivity contribution < 1.29 is 9.90 Å². The zero-order valence-corrected chi connectivity index (χ0v) is 8.98. The molecule has 1 aromatic carbocycles. The van der Waals surface area contributed by atoms with E-state index in [1.165, 1.54) is 6.20 Å². The Morgan fingerprint density at radius 3 is 2.56 bits per heavy atom. The van der Waals surface area contributed by atoms with Gasteiger partial charge in [0.1, 0.15) is 0 Å². The van der Waals surface area contributed by atoms with Gasteiger partial charge in [0.2, 0.25) is 0 Å². The highest BCUT2D eigenvalue weighted by molar-refractivity contribution is 6.30. The summed E-state index contributed by atoms with van der Waals surface area (Å²) in [6, 6.07) is 10.1. The summed E-state index contributed by atoms with van der Waals surface area (Å²) in [5.41, 5.74) is 1.42. The highest BCUT2D eigenvalue weighted by Gasteiger charge is 2.11. The molecular formula is C12H8ClNO2. The number of carbonyl (C=O) groups is 1. The highest BCUT2D eigenvalue weighted by atomic mass is 35.5. The van der Waals surface area contributed by atoms with E-state index in [0.717, 1.165) is 0 Å². The standard InChI is InChI=1S/C12H8ClNO2/c13-8-5-6-11(14-7-8)9-3-1-2-4-10(9)12(15)16/h1-7H,(H,15,16). The predicted octanol–water partition coefficient (Wildman–Crippen LogP) is 3.10. The van der Waals surface area contributed by atoms with Gasteiger partial charge < -0.3 is 5.11 Å². The fraction of sp³-hybridized carbons (Fsp3) is 0. The van der Waals surface area contributed by atoms with Crippen LogP contribution in [0.4, 0.5) is 0 Å². The van der Waals surface area contributed by atoms with Crippen LogP contribution < -0.4 is 0 Å². The first-order valence-corrected chi connectivity index (χ1v) is 5.00. The van der Waals surface area contributed by atoms with Crippen molar-refractivity contribution in [1.29, 1.82) is 0 Å². The molecule has 16 heavy (non-hydrogen) atoms. The summed E-state index contributed by atoms with van der Waals surface area (Å²) in [7, 11) is 0. The molecule has 1 N–H and O–H groups in total. The number of carboxylic acid groups (broad SMARTS) is 1. The van der Waals surface area contributed by atoms with Crippen LogP contribution in [0.1, 0.15) is 10.4 Å². The molecule has 2 rings (SSSR count). The summed E-state index contributed by atoms with van der Waals surface area (Å²) in [4.78, 5) is 15.1. The third-order valence-electron chi connectivity index (χ3n) is 2.16. The maximum Gasteiger partial charge on any atom is 0.336 e. The molecule has 80 valence electrons. The van der Waals surface area contributed by atoms with Crippen molar-refractivity contribution in [2.24, 2.45) is 0 Å². The molecule has 0 fully saturated rings. The number of hydrogen-bond acceptors (Lipinski definition) is 2. The number of nitrogens with zero attached hydrogens (tertiary/aromatic N) is 1. The fourth-order valence-corrected chi connectivity index (χ4v) is 1.54. The molecule has 0 spiro atoms. The lowest BCUT2D eigenvalue weighted by molar-refractivity contribution is 0.0697. The van der Waals surface area contributed by atoms with Gasteiger partial charge in [-0.1, -0.05) is 29.8 Å². The van der Waals surface area contributed by atoms with Crippen molar-refractivity contribution in [3.05, 3.63) is 53.2 Å². The van der Waals surface area contributed by atoms with Gasteiger partial charge in [-0.15, -0.1) is 0 Å². The lowest BCUT2D eigenvalue weighted by Crippen LogP contribution is -1.99. The fourth-order valence-electron chi connectivity index (χ4n) is 1.43. The molecule has 3 nitrogen and oxygen atoms in total. The van der Waals surface area contributed by atoms with Gasteiger partial charge in [-0.2, -0.15) is 0 Å². The van der Waals surface area contributed by atoms with Gasteiger partial charge >= 0.3 is 5.97 Å². The lowest BCUT2D eigenvalue weighted by atomic mass is 10.0. The Hall–Kier alpha value is -1.87. The summed E-state index contributed by atoms with van der Waals surface area (Å²) in [5, 5.41) is 9.55. The summed E-state index contributed by atoms with van der Waals surface area (Å²) in [6.07, 6.45) is 1.50. The van der Waals surface area contributed by atoms with Crippen molar-refractivity contribution in [3.8, 4) is 11.3 Å². The molecule has 0 radical (unpaired) electrons. The molecule has 4 heteroatoms. The van der Waals surface area contributed by atoms with E-state index in [2.05, 4.69) is 4.98 Å². The van der Waals surface area contributed by atoms with Crippen molar-refractivity contribution in [2.75, 3.05) is 0 Å². The average Bonchev–Trinajstić information content (AvgIpc) is 2.30. The van der Waals surface area contributed by atoms with Crippen LogP contribution in [0.15, 0.2) is 42.6 Å². The first-order valence-electron chi connectivity index (χ1n) is 4.63. The molecule has 0 unspecified atom stereocenters. The van der Waals surface area contributed by atoms with Crippen molar-refractivity contribution in [2.45, 2.75) is 0 Å². The number of benzene rings is 1. The Morgan fingerprint density at radius 2 is 1.94 bits per heavy atom. The number of pyridine rings is 1. The Bertz CT molecular complexity index is 523. The van der Waals surface area contributed by atoms with Gasteiger partial charge in [0.25, 0.3) is 0 Å². The second-order valence-corrected chi connectivity index (χ2v) is 3.65. The molecule has 0 bridgehead atoms. The van der Waals surface area contributed by atoms with Gasteiger partial charge in [-0.05, 0) is 18.2 Å². The topological polar surface area (TPSA) is 50.2 Å². The monoisotopic (exact) mass is 233 g/mol. The Labute approximate surface area is 97.3 Å². The number of rotatable bonds is 2. The molecule has 0 aliphatic carbocycles. The van der Waals surface area contributed by atoms with Gasteiger partial charge in [0.15, 0.2) is 0 Å². The number of halogens is 1. The minimum absolute atomic E-state index is 0.234. The van der Waals surface area contributed by atoms with E-state index >= 15 is 0 Å². The summed E-state index contributed by atoms with van der Waals surface area (Å²) >= 11 is 5.72. The molecule has 0 atom stereocenters. The van der Waals surface area contributed by atoms with Crippen molar-refractivity contribution in [3.63, 3.8) is 0 Å². The molecule has 0 saturated heterocycles. The Kier molecular flexibility index (Phi) is 2.88. The van der Waals surface area contributed by atoms with Crippen LogP contribution in [-0.2, 0) is 0 Å². The van der Waals surface area contributed by atoms with Gasteiger partial charge in [0, 0.05) is 11.8 Å². The number of aromatic carboxylic acids is 1. The van der Waals surface area contributed by atoms with Crippen molar-refractivity contribution in [1.82, 2.24) is 4.98 Å². The van der Waals surface area contributed by atoms with E-state index in [1.807, 2.05) is 0 Å². The third kappa shape index (κ3) is 2.04. The highest BCUT2D eigenvalue weighted by Crippen LogP contribution is 2.22. The molecule has 0 saturated carbocycles. The smallest absolute Gasteiger partial charge is 0.336 e. The van der Waals surface area contributed by atoms with E-state index in [1.54, 1.807) is 36.4 Å². The quantitative estimate of drug-likeness (QED) is 0.867. The lowest BCUT2D eigenvalue weighted by Gasteiger charge is -2.04.